The number of hydrogen-bond donors (Lipinski definition) is 2. The summed E-state index contributed by atoms with van der Waals surface area (Å²) in [6.07, 6.45) is 1.98. The fourth-order valence-corrected chi connectivity index (χ4v) is 2.48. The summed E-state index contributed by atoms with van der Waals surface area (Å²) < 4.78 is 5.28. The summed E-state index contributed by atoms with van der Waals surface area (Å²) in [5, 5.41) is 5.63. The highest BCUT2D eigenvalue weighted by atomic mass is 16.5. The highest BCUT2D eigenvalue weighted by molar-refractivity contribution is 5.99. The fourth-order valence-electron chi connectivity index (χ4n) is 2.48. The second-order valence-electron chi connectivity index (χ2n) is 5.62. The van der Waals surface area contributed by atoms with E-state index in [9.17, 15) is 9.59 Å². The van der Waals surface area contributed by atoms with Gasteiger partial charge in [-0.15, -0.1) is 0 Å². The molecule has 0 bridgehead atoms. The van der Waals surface area contributed by atoms with Crippen molar-refractivity contribution in [2.75, 3.05) is 38.2 Å². The number of rotatable bonds is 5. The number of anilines is 1. The number of carbonyl (C=O) groups is 2. The van der Waals surface area contributed by atoms with Crippen molar-refractivity contribution in [1.29, 1.82) is 0 Å². The lowest BCUT2D eigenvalue weighted by atomic mass is 10.1. The second kappa shape index (κ2) is 8.53. The minimum atomic E-state index is -0.238. The summed E-state index contributed by atoms with van der Waals surface area (Å²) in [6, 6.07) is 5.16. The fraction of sp³-hybridized carbons (Fsp3) is 0.529. The minimum absolute atomic E-state index is 0.0131. The molecule has 1 aromatic carbocycles. The van der Waals surface area contributed by atoms with Gasteiger partial charge in [0.15, 0.2) is 0 Å². The van der Waals surface area contributed by atoms with Crippen LogP contribution in [-0.2, 0) is 4.74 Å². The van der Waals surface area contributed by atoms with E-state index in [0.29, 0.717) is 44.1 Å². The number of ether oxygens (including phenoxy) is 1. The lowest BCUT2D eigenvalue weighted by molar-refractivity contribution is 0.0302. The lowest BCUT2D eigenvalue weighted by Gasteiger charge is -2.27. The van der Waals surface area contributed by atoms with Crippen LogP contribution in [0.4, 0.5) is 10.5 Å². The zero-order valence-corrected chi connectivity index (χ0v) is 13.9. The van der Waals surface area contributed by atoms with E-state index >= 15 is 0 Å². The van der Waals surface area contributed by atoms with Crippen molar-refractivity contribution in [1.82, 2.24) is 10.2 Å². The van der Waals surface area contributed by atoms with Crippen molar-refractivity contribution in [3.8, 4) is 0 Å². The Morgan fingerprint density at radius 3 is 2.70 bits per heavy atom. The molecule has 2 rings (SSSR count). The number of benzene rings is 1. The molecule has 2 N–H and O–H groups in total. The number of hydrogen-bond acceptors (Lipinski definition) is 3. The highest BCUT2D eigenvalue weighted by Crippen LogP contribution is 2.21. The molecule has 6 nitrogen and oxygen atoms in total. The lowest BCUT2D eigenvalue weighted by Crippen LogP contribution is -2.41. The molecule has 1 aliphatic rings. The Morgan fingerprint density at radius 2 is 2.00 bits per heavy atom. The Bertz CT molecular complexity index is 554. The number of urea groups is 1. The number of nitrogens with zero attached hydrogens (tertiary/aromatic N) is 1. The molecule has 0 radical (unpaired) electrons. The largest absolute Gasteiger partial charge is 0.378 e. The number of unbranched alkanes of at least 4 members (excludes halogenated alkanes) is 1. The van der Waals surface area contributed by atoms with Gasteiger partial charge in [-0.3, -0.25) is 4.79 Å². The van der Waals surface area contributed by atoms with Crippen LogP contribution in [0.2, 0.25) is 0 Å². The summed E-state index contributed by atoms with van der Waals surface area (Å²) >= 11 is 0. The second-order valence-corrected chi connectivity index (χ2v) is 5.62. The first kappa shape index (κ1) is 17.3. The van der Waals surface area contributed by atoms with Crippen molar-refractivity contribution in [2.45, 2.75) is 26.7 Å². The molecule has 1 fully saturated rings. The van der Waals surface area contributed by atoms with Crippen LogP contribution >= 0.6 is 0 Å². The monoisotopic (exact) mass is 319 g/mol. The molecule has 1 aromatic rings. The van der Waals surface area contributed by atoms with Gasteiger partial charge in [0, 0.05) is 30.9 Å². The molecule has 126 valence electrons. The van der Waals surface area contributed by atoms with Gasteiger partial charge in [-0.2, -0.15) is 0 Å². The standard InChI is InChI=1S/C17H25N3O3/c1-3-4-8-18-17(22)19-15-7-5-6-14(13(15)2)16(21)20-9-11-23-12-10-20/h5-7H,3-4,8-12H2,1-2H3,(H2,18,19,22). The molecule has 1 aliphatic heterocycles. The Hall–Kier alpha value is -2.08. The van der Waals surface area contributed by atoms with Gasteiger partial charge >= 0.3 is 6.03 Å². The molecule has 0 aliphatic carbocycles. The smallest absolute Gasteiger partial charge is 0.319 e. The molecule has 1 heterocycles. The average Bonchev–Trinajstić information content (AvgIpc) is 2.57. The molecular formula is C17H25N3O3. The predicted octanol–water partition coefficient (Wildman–Crippen LogP) is 2.39. The van der Waals surface area contributed by atoms with Gasteiger partial charge in [0.2, 0.25) is 0 Å². The summed E-state index contributed by atoms with van der Waals surface area (Å²) in [6.45, 7) is 6.93. The number of morpholine rings is 1. The molecule has 0 atom stereocenters. The molecule has 1 saturated heterocycles. The van der Waals surface area contributed by atoms with Gasteiger partial charge in [0.05, 0.1) is 13.2 Å². The van der Waals surface area contributed by atoms with E-state index in [-0.39, 0.29) is 11.9 Å². The van der Waals surface area contributed by atoms with E-state index in [1.165, 1.54) is 0 Å². The van der Waals surface area contributed by atoms with Crippen LogP contribution in [0.15, 0.2) is 18.2 Å². The summed E-state index contributed by atoms with van der Waals surface area (Å²) in [4.78, 5) is 26.3. The highest BCUT2D eigenvalue weighted by Gasteiger charge is 2.21. The van der Waals surface area contributed by atoms with Crippen LogP contribution in [-0.4, -0.2) is 49.7 Å². The Morgan fingerprint density at radius 1 is 1.26 bits per heavy atom. The van der Waals surface area contributed by atoms with E-state index < -0.39 is 0 Å². The first-order valence-corrected chi connectivity index (χ1v) is 8.15. The molecule has 23 heavy (non-hydrogen) atoms. The van der Waals surface area contributed by atoms with E-state index in [1.807, 2.05) is 13.0 Å². The first-order chi connectivity index (χ1) is 11.1. The van der Waals surface area contributed by atoms with Crippen molar-refractivity contribution < 1.29 is 14.3 Å². The SMILES string of the molecule is CCCCNC(=O)Nc1cccc(C(=O)N2CCOCC2)c1C. The maximum Gasteiger partial charge on any atom is 0.319 e. The zero-order chi connectivity index (χ0) is 16.7. The van der Waals surface area contributed by atoms with Gasteiger partial charge in [-0.25, -0.2) is 4.79 Å². The topological polar surface area (TPSA) is 70.7 Å². The number of nitrogens with one attached hydrogen (secondary N) is 2. The van der Waals surface area contributed by atoms with Crippen LogP contribution in [0.1, 0.15) is 35.7 Å². The third-order valence-corrected chi connectivity index (χ3v) is 3.93. The molecular weight excluding hydrogens is 294 g/mol. The van der Waals surface area contributed by atoms with Crippen molar-refractivity contribution in [3.63, 3.8) is 0 Å². The quantitative estimate of drug-likeness (QED) is 0.819. The molecule has 0 spiro atoms. The molecule has 6 heteroatoms. The molecule has 0 saturated carbocycles. The van der Waals surface area contributed by atoms with E-state index in [4.69, 9.17) is 4.74 Å². The Labute approximate surface area is 137 Å². The summed E-state index contributed by atoms with van der Waals surface area (Å²) in [5.41, 5.74) is 2.07. The van der Waals surface area contributed by atoms with Gasteiger partial charge in [-0.05, 0) is 31.0 Å². The number of carbonyl (C=O) groups excluding carboxylic acids is 2. The summed E-state index contributed by atoms with van der Waals surface area (Å²) in [7, 11) is 0. The van der Waals surface area contributed by atoms with Crippen molar-refractivity contribution in [2.24, 2.45) is 0 Å². The molecule has 0 aromatic heterocycles. The summed E-state index contributed by atoms with van der Waals surface area (Å²) in [5.74, 6) is -0.0131. The molecule has 3 amide bonds. The van der Waals surface area contributed by atoms with E-state index in [0.717, 1.165) is 18.4 Å². The normalized spacial score (nSPS) is 14.4. The van der Waals surface area contributed by atoms with Crippen LogP contribution in [0.25, 0.3) is 0 Å². The minimum Gasteiger partial charge on any atom is -0.378 e. The third kappa shape index (κ3) is 4.69. The van der Waals surface area contributed by atoms with Gasteiger partial charge in [-0.1, -0.05) is 19.4 Å². The van der Waals surface area contributed by atoms with E-state index in [2.05, 4.69) is 17.6 Å². The Kier molecular flexibility index (Phi) is 6.40. The predicted molar refractivity (Wildman–Crippen MR) is 89.8 cm³/mol. The van der Waals surface area contributed by atoms with Crippen LogP contribution < -0.4 is 10.6 Å². The van der Waals surface area contributed by atoms with Crippen molar-refractivity contribution >= 4 is 17.6 Å². The maximum absolute atomic E-state index is 12.6. The zero-order valence-electron chi connectivity index (χ0n) is 13.9. The van der Waals surface area contributed by atoms with E-state index in [1.54, 1.807) is 17.0 Å². The van der Waals surface area contributed by atoms with Gasteiger partial charge in [0.1, 0.15) is 0 Å². The van der Waals surface area contributed by atoms with Crippen LogP contribution in [0.5, 0.6) is 0 Å². The van der Waals surface area contributed by atoms with Gasteiger partial charge < -0.3 is 20.3 Å². The Balaban J connectivity index is 2.05. The molecule has 0 unspecified atom stereocenters. The maximum atomic E-state index is 12.6. The van der Waals surface area contributed by atoms with Crippen molar-refractivity contribution in [3.05, 3.63) is 29.3 Å². The third-order valence-electron chi connectivity index (χ3n) is 3.93. The number of amides is 3. The van der Waals surface area contributed by atoms with Gasteiger partial charge in [0.25, 0.3) is 5.91 Å². The first-order valence-electron chi connectivity index (χ1n) is 8.15. The van der Waals surface area contributed by atoms with Crippen LogP contribution in [0, 0.1) is 6.92 Å². The van der Waals surface area contributed by atoms with Crippen LogP contribution in [0.3, 0.4) is 0 Å². The average molecular weight is 319 g/mol.